The zero-order chi connectivity index (χ0) is 17.8. The van der Waals surface area contributed by atoms with Crippen LogP contribution in [0.5, 0.6) is 11.6 Å². The summed E-state index contributed by atoms with van der Waals surface area (Å²) in [6.07, 6.45) is 3.51. The number of hydrogen-bond donors (Lipinski definition) is 1. The van der Waals surface area contributed by atoms with Crippen molar-refractivity contribution in [2.45, 2.75) is 0 Å². The largest absolute Gasteiger partial charge is 0.438 e. The zero-order valence-corrected chi connectivity index (χ0v) is 15.3. The molecular formula is C20H15N3OS2. The number of nitrogens with two attached hydrogens (primary N) is 1. The molecule has 4 heterocycles. The summed E-state index contributed by atoms with van der Waals surface area (Å²) in [6, 6.07) is 17.7. The van der Waals surface area contributed by atoms with Crippen LogP contribution in [0.3, 0.4) is 0 Å². The first-order valence-corrected chi connectivity index (χ1v) is 9.70. The number of anilines is 1. The Morgan fingerprint density at radius 2 is 1.38 bits per heavy atom. The summed E-state index contributed by atoms with van der Waals surface area (Å²) in [5.41, 5.74) is 5.60. The number of benzene rings is 1. The van der Waals surface area contributed by atoms with E-state index in [9.17, 15) is 0 Å². The van der Waals surface area contributed by atoms with Crippen molar-refractivity contribution >= 4 is 48.7 Å². The Labute approximate surface area is 158 Å². The molecule has 4 nitrogen and oxygen atoms in total. The van der Waals surface area contributed by atoms with Gasteiger partial charge < -0.3 is 10.5 Å². The van der Waals surface area contributed by atoms with E-state index in [-0.39, 0.29) is 0 Å². The predicted octanol–water partition coefficient (Wildman–Crippen LogP) is 5.97. The maximum Gasteiger partial charge on any atom is 0.227 e. The molecule has 0 atom stereocenters. The third-order valence-corrected chi connectivity index (χ3v) is 5.48. The lowest BCUT2D eigenvalue weighted by molar-refractivity contribution is 0.469. The van der Waals surface area contributed by atoms with Crippen molar-refractivity contribution in [3.05, 3.63) is 77.8 Å². The number of hydrogen-bond acceptors (Lipinski definition) is 6. The van der Waals surface area contributed by atoms with Crippen molar-refractivity contribution in [1.82, 2.24) is 9.97 Å². The smallest absolute Gasteiger partial charge is 0.227 e. The third kappa shape index (κ3) is 3.51. The fraction of sp³-hybridized carbons (Fsp3) is 0. The highest BCUT2D eigenvalue weighted by molar-refractivity contribution is 7.17. The van der Waals surface area contributed by atoms with Gasteiger partial charge in [-0.05, 0) is 47.2 Å². The molecule has 0 aliphatic heterocycles. The first-order valence-electron chi connectivity index (χ1n) is 7.94. The van der Waals surface area contributed by atoms with E-state index in [0.29, 0.717) is 11.7 Å². The number of rotatable bonds is 2. The lowest BCUT2D eigenvalue weighted by Crippen LogP contribution is -1.87. The Morgan fingerprint density at radius 1 is 0.731 bits per heavy atom. The van der Waals surface area contributed by atoms with Gasteiger partial charge in [0.15, 0.2) is 0 Å². The molecule has 26 heavy (non-hydrogen) atoms. The normalized spacial score (nSPS) is 10.5. The van der Waals surface area contributed by atoms with Crippen LogP contribution in [0.25, 0.3) is 20.2 Å². The van der Waals surface area contributed by atoms with Crippen molar-refractivity contribution in [3.63, 3.8) is 0 Å². The zero-order valence-electron chi connectivity index (χ0n) is 13.7. The lowest BCUT2D eigenvalue weighted by atomic mass is 10.3. The molecule has 5 rings (SSSR count). The van der Waals surface area contributed by atoms with Crippen LogP contribution in [-0.4, -0.2) is 9.97 Å². The Hall–Kier alpha value is -2.96. The van der Waals surface area contributed by atoms with Crippen molar-refractivity contribution in [3.8, 4) is 11.6 Å². The van der Waals surface area contributed by atoms with Crippen LogP contribution >= 0.6 is 22.7 Å². The minimum absolute atomic E-state index is 0.624. The number of nitrogens with zero attached hydrogens (tertiary/aromatic N) is 2. The molecule has 0 fully saturated rings. The Kier molecular flexibility index (Phi) is 4.77. The first kappa shape index (κ1) is 16.5. The summed E-state index contributed by atoms with van der Waals surface area (Å²) >= 11 is 3.37. The summed E-state index contributed by atoms with van der Waals surface area (Å²) in [5.74, 6) is 2.11. The van der Waals surface area contributed by atoms with Crippen LogP contribution in [0.2, 0.25) is 0 Å². The maximum absolute atomic E-state index is 5.75. The highest BCUT2D eigenvalue weighted by Crippen LogP contribution is 2.30. The van der Waals surface area contributed by atoms with E-state index in [0.717, 1.165) is 16.5 Å². The summed E-state index contributed by atoms with van der Waals surface area (Å²) in [5, 5.41) is 6.19. The molecular weight excluding hydrogens is 362 g/mol. The molecule has 0 saturated heterocycles. The second-order valence-corrected chi connectivity index (χ2v) is 7.29. The van der Waals surface area contributed by atoms with Crippen molar-refractivity contribution in [2.75, 3.05) is 5.73 Å². The van der Waals surface area contributed by atoms with Crippen LogP contribution in [0.15, 0.2) is 77.8 Å². The molecule has 6 heteroatoms. The van der Waals surface area contributed by atoms with Crippen LogP contribution in [-0.2, 0) is 0 Å². The first-order chi connectivity index (χ1) is 12.8. The SMILES string of the molecule is Nc1nccc2sccc12.c1ccc(Oc2nccc3sccc23)cc1. The summed E-state index contributed by atoms with van der Waals surface area (Å²) < 4.78 is 8.14. The van der Waals surface area contributed by atoms with Crippen molar-refractivity contribution in [2.24, 2.45) is 0 Å². The number of para-hydroxylation sites is 1. The van der Waals surface area contributed by atoms with Gasteiger partial charge in [0.2, 0.25) is 5.88 Å². The molecule has 0 aliphatic carbocycles. The molecule has 0 spiro atoms. The van der Waals surface area contributed by atoms with Gasteiger partial charge in [-0.15, -0.1) is 22.7 Å². The number of aromatic nitrogens is 2. The quantitative estimate of drug-likeness (QED) is 0.412. The van der Waals surface area contributed by atoms with E-state index in [4.69, 9.17) is 10.5 Å². The van der Waals surface area contributed by atoms with Gasteiger partial charge in [0.1, 0.15) is 11.6 Å². The Balaban J connectivity index is 0.000000144. The van der Waals surface area contributed by atoms with E-state index in [1.807, 2.05) is 65.4 Å². The van der Waals surface area contributed by atoms with Gasteiger partial charge in [-0.2, -0.15) is 0 Å². The molecule has 4 aromatic heterocycles. The van der Waals surface area contributed by atoms with E-state index in [1.54, 1.807) is 35.1 Å². The fourth-order valence-electron chi connectivity index (χ4n) is 2.47. The molecule has 5 aromatic rings. The molecule has 2 N–H and O–H groups in total. The topological polar surface area (TPSA) is 61.0 Å². The molecule has 0 bridgehead atoms. The van der Waals surface area contributed by atoms with Crippen LogP contribution in [0, 0.1) is 0 Å². The van der Waals surface area contributed by atoms with Crippen LogP contribution in [0.4, 0.5) is 5.82 Å². The molecule has 0 aliphatic rings. The average molecular weight is 377 g/mol. The Bertz CT molecular complexity index is 1140. The van der Waals surface area contributed by atoms with E-state index in [2.05, 4.69) is 9.97 Å². The van der Waals surface area contributed by atoms with Gasteiger partial charge in [-0.25, -0.2) is 9.97 Å². The minimum Gasteiger partial charge on any atom is -0.438 e. The highest BCUT2D eigenvalue weighted by atomic mass is 32.1. The fourth-order valence-corrected chi connectivity index (χ4v) is 4.03. The lowest BCUT2D eigenvalue weighted by Gasteiger charge is -2.04. The van der Waals surface area contributed by atoms with Crippen LogP contribution in [0.1, 0.15) is 0 Å². The molecule has 0 saturated carbocycles. The van der Waals surface area contributed by atoms with Crippen LogP contribution < -0.4 is 10.5 Å². The molecule has 1 aromatic carbocycles. The summed E-state index contributed by atoms with van der Waals surface area (Å²) in [7, 11) is 0. The molecule has 0 radical (unpaired) electrons. The maximum atomic E-state index is 5.75. The number of nitrogen functional groups attached to an aromatic ring is 1. The van der Waals surface area contributed by atoms with Crippen molar-refractivity contribution < 1.29 is 4.74 Å². The monoisotopic (exact) mass is 377 g/mol. The van der Waals surface area contributed by atoms with Gasteiger partial charge >= 0.3 is 0 Å². The highest BCUT2D eigenvalue weighted by Gasteiger charge is 2.05. The summed E-state index contributed by atoms with van der Waals surface area (Å²) in [4.78, 5) is 8.22. The summed E-state index contributed by atoms with van der Waals surface area (Å²) in [6.45, 7) is 0. The minimum atomic E-state index is 0.624. The van der Waals surface area contributed by atoms with Gasteiger partial charge in [0, 0.05) is 27.2 Å². The average Bonchev–Trinajstić information content (AvgIpc) is 3.33. The Morgan fingerprint density at radius 3 is 2.12 bits per heavy atom. The molecule has 0 unspecified atom stereocenters. The standard InChI is InChI=1S/C13H9NOS.C7H6N2S/c1-2-4-10(5-3-1)15-13-11-7-9-16-12(11)6-8-14-13;8-7-5-2-4-10-6(5)1-3-9-7/h1-9H;1-4H,(H2,8,9). The number of thiophene rings is 2. The van der Waals surface area contributed by atoms with Gasteiger partial charge in [0.25, 0.3) is 0 Å². The number of ether oxygens (including phenoxy) is 1. The van der Waals surface area contributed by atoms with E-state index < -0.39 is 0 Å². The van der Waals surface area contributed by atoms with Gasteiger partial charge in [-0.3, -0.25) is 0 Å². The van der Waals surface area contributed by atoms with Gasteiger partial charge in [-0.1, -0.05) is 18.2 Å². The predicted molar refractivity (Wildman–Crippen MR) is 110 cm³/mol. The molecule has 128 valence electrons. The van der Waals surface area contributed by atoms with E-state index >= 15 is 0 Å². The van der Waals surface area contributed by atoms with Gasteiger partial charge in [0.05, 0.1) is 5.39 Å². The molecule has 0 amide bonds. The number of fused-ring (bicyclic) bond motifs is 2. The van der Waals surface area contributed by atoms with E-state index in [1.165, 1.54) is 9.40 Å². The number of pyridine rings is 2. The second-order valence-electron chi connectivity index (χ2n) is 5.39. The van der Waals surface area contributed by atoms with Crippen molar-refractivity contribution in [1.29, 1.82) is 0 Å². The third-order valence-electron chi connectivity index (χ3n) is 3.71. The second kappa shape index (κ2) is 7.51.